The van der Waals surface area contributed by atoms with E-state index in [-0.39, 0.29) is 0 Å². The molecule has 0 atom stereocenters. The van der Waals surface area contributed by atoms with E-state index in [4.69, 9.17) is 0 Å². The van der Waals surface area contributed by atoms with Crippen molar-refractivity contribution in [1.29, 1.82) is 0 Å². The Balaban J connectivity index is 1.12. The van der Waals surface area contributed by atoms with Crippen LogP contribution in [0.4, 0.5) is 0 Å². The Bertz CT molecular complexity index is 3010. The van der Waals surface area contributed by atoms with Crippen molar-refractivity contribution < 1.29 is 0 Å². The smallest absolute Gasteiger partial charge is 0.0548 e. The predicted molar refractivity (Wildman–Crippen MR) is 219 cm³/mol. The van der Waals surface area contributed by atoms with Crippen LogP contribution in [0.2, 0.25) is 0 Å². The van der Waals surface area contributed by atoms with Gasteiger partial charge in [-0.2, -0.15) is 0 Å². The summed E-state index contributed by atoms with van der Waals surface area (Å²) in [4.78, 5) is 0. The Morgan fingerprint density at radius 3 is 2.06 bits per heavy atom. The summed E-state index contributed by atoms with van der Waals surface area (Å²) < 4.78 is 7.66. The van der Waals surface area contributed by atoms with Crippen LogP contribution in [0.5, 0.6) is 0 Å². The van der Waals surface area contributed by atoms with Gasteiger partial charge >= 0.3 is 0 Å². The fraction of sp³-hybridized carbons (Fsp3) is 0.0417. The van der Waals surface area contributed by atoms with Crippen LogP contribution in [0, 0.1) is 0 Å². The molecule has 0 fully saturated rings. The summed E-state index contributed by atoms with van der Waals surface area (Å²) in [5.41, 5.74) is 13.8. The molecule has 7 aromatic carbocycles. The third-order valence-corrected chi connectivity index (χ3v) is 11.9. The lowest BCUT2D eigenvalue weighted by Gasteiger charge is -2.14. The van der Waals surface area contributed by atoms with Gasteiger partial charge in [0.25, 0.3) is 0 Å². The molecule has 0 unspecified atom stereocenters. The molecule has 0 aliphatic heterocycles. The molecule has 51 heavy (non-hydrogen) atoms. The summed E-state index contributed by atoms with van der Waals surface area (Å²) in [5.74, 6) is 0. The zero-order valence-corrected chi connectivity index (χ0v) is 28.7. The number of nitrogens with zero attached hydrogens (tertiary/aromatic N) is 2. The van der Waals surface area contributed by atoms with Crippen molar-refractivity contribution in [2.24, 2.45) is 0 Å². The van der Waals surface area contributed by atoms with Crippen molar-refractivity contribution in [2.75, 3.05) is 0 Å². The molecule has 3 heteroatoms. The maximum Gasteiger partial charge on any atom is 0.0548 e. The van der Waals surface area contributed by atoms with Crippen LogP contribution in [0.1, 0.15) is 17.7 Å². The fourth-order valence-electron chi connectivity index (χ4n) is 8.60. The Hall–Kier alpha value is -6.16. The van der Waals surface area contributed by atoms with Crippen molar-refractivity contribution in [3.05, 3.63) is 175 Å². The Morgan fingerprint density at radius 1 is 0.451 bits per heavy atom. The third-order valence-electron chi connectivity index (χ3n) is 10.8. The molecule has 0 spiro atoms. The van der Waals surface area contributed by atoms with Gasteiger partial charge in [0.05, 0.1) is 16.6 Å². The van der Waals surface area contributed by atoms with E-state index < -0.39 is 0 Å². The van der Waals surface area contributed by atoms with Gasteiger partial charge in [0.15, 0.2) is 0 Å². The summed E-state index contributed by atoms with van der Waals surface area (Å²) in [6.45, 7) is 0. The van der Waals surface area contributed by atoms with Gasteiger partial charge in [0.2, 0.25) is 0 Å². The molecule has 1 aliphatic rings. The molecule has 0 saturated heterocycles. The van der Waals surface area contributed by atoms with E-state index in [0.717, 1.165) is 12.8 Å². The number of aromatic nitrogens is 2. The van der Waals surface area contributed by atoms with Gasteiger partial charge in [-0.05, 0) is 89.7 Å². The number of hydrogen-bond donors (Lipinski definition) is 0. The Morgan fingerprint density at radius 2 is 1.18 bits per heavy atom. The molecule has 10 aromatic rings. The van der Waals surface area contributed by atoms with Crippen LogP contribution in [0.25, 0.3) is 92.6 Å². The molecule has 3 aromatic heterocycles. The first-order valence-corrected chi connectivity index (χ1v) is 18.6. The first-order valence-electron chi connectivity index (χ1n) is 17.7. The number of fused-ring (bicyclic) bond motifs is 10. The number of allylic oxidation sites excluding steroid dienone is 1. The largest absolute Gasteiger partial charge is 0.313 e. The van der Waals surface area contributed by atoms with E-state index in [2.05, 4.69) is 179 Å². The summed E-state index contributed by atoms with van der Waals surface area (Å²) in [7, 11) is 0. The summed E-state index contributed by atoms with van der Waals surface area (Å²) >= 11 is 1.88. The Labute approximate surface area is 299 Å². The molecule has 0 N–H and O–H groups in total. The Kier molecular flexibility index (Phi) is 6.28. The van der Waals surface area contributed by atoms with Gasteiger partial charge in [-0.3, -0.25) is 0 Å². The lowest BCUT2D eigenvalue weighted by molar-refractivity contribution is 0.888. The minimum atomic E-state index is 1.02. The van der Waals surface area contributed by atoms with Gasteiger partial charge in [-0.25, -0.2) is 0 Å². The number of thiophene rings is 1. The molecule has 1 aliphatic carbocycles. The molecule has 0 bridgehead atoms. The highest BCUT2D eigenvalue weighted by atomic mass is 32.1. The first-order chi connectivity index (χ1) is 25.3. The summed E-state index contributed by atoms with van der Waals surface area (Å²) in [6.07, 6.45) is 6.78. The first kappa shape index (κ1) is 28.7. The lowest BCUT2D eigenvalue weighted by Crippen LogP contribution is -2.02. The van der Waals surface area contributed by atoms with E-state index in [0.29, 0.717) is 0 Å². The number of rotatable bonds is 4. The van der Waals surface area contributed by atoms with Crippen molar-refractivity contribution in [2.45, 2.75) is 12.8 Å². The zero-order valence-electron chi connectivity index (χ0n) is 27.9. The normalized spacial score (nSPS) is 12.9. The second-order valence-corrected chi connectivity index (χ2v) is 14.7. The van der Waals surface area contributed by atoms with E-state index >= 15 is 0 Å². The van der Waals surface area contributed by atoms with Gasteiger partial charge < -0.3 is 9.13 Å². The minimum absolute atomic E-state index is 1.02. The SMILES string of the molecule is C1=Cc2c(n(-c3ccc(-c4cccc5sc6ccccc6c45)cc3)c3ccc4c(c5ccccc5n4-c4cccc(-c5ccccc5)c4)c23)CC1. The average Bonchev–Trinajstić information content (AvgIpc) is 3.86. The molecule has 3 heterocycles. The maximum absolute atomic E-state index is 2.53. The van der Waals surface area contributed by atoms with Crippen LogP contribution in [-0.2, 0) is 6.42 Å². The van der Waals surface area contributed by atoms with Crippen molar-refractivity contribution >= 4 is 70.3 Å². The molecular weight excluding hydrogens is 637 g/mol. The second kappa shape index (κ2) is 11.2. The van der Waals surface area contributed by atoms with Gasteiger partial charge in [-0.15, -0.1) is 11.3 Å². The minimum Gasteiger partial charge on any atom is -0.313 e. The highest BCUT2D eigenvalue weighted by Gasteiger charge is 2.24. The van der Waals surface area contributed by atoms with Crippen molar-refractivity contribution in [1.82, 2.24) is 9.13 Å². The molecule has 0 saturated carbocycles. The highest BCUT2D eigenvalue weighted by Crippen LogP contribution is 2.44. The summed E-state index contributed by atoms with van der Waals surface area (Å²) in [5, 5.41) is 6.64. The quantitative estimate of drug-likeness (QED) is 0.177. The predicted octanol–water partition coefficient (Wildman–Crippen LogP) is 13.4. The van der Waals surface area contributed by atoms with Crippen LogP contribution in [0.3, 0.4) is 0 Å². The van der Waals surface area contributed by atoms with Gasteiger partial charge in [0.1, 0.15) is 0 Å². The highest BCUT2D eigenvalue weighted by molar-refractivity contribution is 7.25. The maximum atomic E-state index is 2.53. The molecular formula is C48H32N2S. The number of para-hydroxylation sites is 1. The van der Waals surface area contributed by atoms with Crippen LogP contribution in [-0.4, -0.2) is 9.13 Å². The fourth-order valence-corrected chi connectivity index (χ4v) is 9.73. The average molecular weight is 669 g/mol. The third kappa shape index (κ3) is 4.28. The number of hydrogen-bond acceptors (Lipinski definition) is 1. The lowest BCUT2D eigenvalue weighted by atomic mass is 9.99. The topological polar surface area (TPSA) is 9.86 Å². The number of benzene rings is 7. The van der Waals surface area contributed by atoms with Gasteiger partial charge in [-0.1, -0.05) is 115 Å². The second-order valence-electron chi connectivity index (χ2n) is 13.6. The van der Waals surface area contributed by atoms with Crippen LogP contribution in [0.15, 0.2) is 164 Å². The molecule has 240 valence electrons. The molecule has 2 nitrogen and oxygen atoms in total. The van der Waals surface area contributed by atoms with E-state index in [1.165, 1.54) is 97.8 Å². The molecule has 11 rings (SSSR count). The van der Waals surface area contributed by atoms with Crippen LogP contribution >= 0.6 is 11.3 Å². The van der Waals surface area contributed by atoms with E-state index in [9.17, 15) is 0 Å². The van der Waals surface area contributed by atoms with E-state index in [1.54, 1.807) is 0 Å². The van der Waals surface area contributed by atoms with Crippen molar-refractivity contribution in [3.8, 4) is 33.6 Å². The molecule has 0 radical (unpaired) electrons. The molecule has 0 amide bonds. The van der Waals surface area contributed by atoms with E-state index in [1.807, 2.05) is 11.3 Å². The van der Waals surface area contributed by atoms with Crippen LogP contribution < -0.4 is 0 Å². The monoisotopic (exact) mass is 668 g/mol. The zero-order chi connectivity index (χ0) is 33.5. The van der Waals surface area contributed by atoms with Gasteiger partial charge in [0, 0.05) is 59.0 Å². The standard InChI is InChI=1S/C48H32N2S/c1-2-12-31(13-3-1)33-14-10-15-35(30-33)50-41-21-8-5-17-38(41)48-43(50)29-28-42-47(48)37-16-4-7-20-40(37)49(42)34-26-24-32(25-27-34)36-19-11-23-45-46(36)39-18-6-9-22-44(39)51-45/h1-6,8-19,21-30H,7,20H2. The summed E-state index contributed by atoms with van der Waals surface area (Å²) in [6, 6.07) is 58.0. The van der Waals surface area contributed by atoms with Crippen molar-refractivity contribution in [3.63, 3.8) is 0 Å².